The zero-order valence-corrected chi connectivity index (χ0v) is 13.3. The lowest BCUT2D eigenvalue weighted by atomic mass is 9.93. The largest absolute Gasteiger partial charge is 0.379 e. The normalized spacial score (nSPS) is 22.3. The lowest BCUT2D eigenvalue weighted by molar-refractivity contribution is -0.0144. The molecule has 4 heteroatoms. The van der Waals surface area contributed by atoms with Crippen molar-refractivity contribution in [3.63, 3.8) is 0 Å². The quantitative estimate of drug-likeness (QED) is 0.902. The van der Waals surface area contributed by atoms with Crippen molar-refractivity contribution < 1.29 is 4.74 Å². The molecular weight excluding hydrogens is 256 g/mol. The maximum absolute atomic E-state index is 6.03. The monoisotopic (exact) mass is 282 g/mol. The second-order valence-corrected chi connectivity index (χ2v) is 7.02. The first-order valence-electron chi connectivity index (χ1n) is 7.05. The van der Waals surface area contributed by atoms with Crippen LogP contribution in [0.5, 0.6) is 0 Å². The molecule has 0 saturated heterocycles. The lowest BCUT2D eigenvalue weighted by Gasteiger charge is -2.41. The molecule has 0 fully saturated rings. The van der Waals surface area contributed by atoms with E-state index in [-0.39, 0.29) is 5.60 Å². The number of nitrogens with zero attached hydrogens (tertiary/aromatic N) is 1. The topological polar surface area (TPSA) is 38.5 Å². The molecule has 0 spiro atoms. The Morgan fingerprint density at radius 1 is 1.58 bits per heavy atom. The number of rotatable bonds is 5. The minimum absolute atomic E-state index is 0.112. The van der Waals surface area contributed by atoms with Crippen molar-refractivity contribution in [3.05, 3.63) is 21.9 Å². The predicted molar refractivity (Wildman–Crippen MR) is 81.7 cm³/mol. The van der Waals surface area contributed by atoms with E-state index in [1.807, 2.05) is 11.3 Å². The smallest absolute Gasteiger partial charge is 0.0638 e. The number of ether oxygens (including phenoxy) is 1. The highest BCUT2D eigenvalue weighted by Gasteiger charge is 2.32. The first kappa shape index (κ1) is 15.0. The van der Waals surface area contributed by atoms with Crippen molar-refractivity contribution in [1.82, 2.24) is 4.90 Å². The number of hydrogen-bond donors (Lipinski definition) is 1. The third kappa shape index (κ3) is 3.19. The van der Waals surface area contributed by atoms with Crippen LogP contribution in [0.2, 0.25) is 0 Å². The first-order chi connectivity index (χ1) is 8.98. The van der Waals surface area contributed by atoms with E-state index in [0.717, 1.165) is 19.4 Å². The summed E-state index contributed by atoms with van der Waals surface area (Å²) in [7, 11) is 1.78. The van der Waals surface area contributed by atoms with Crippen LogP contribution < -0.4 is 5.73 Å². The van der Waals surface area contributed by atoms with Crippen LogP contribution in [0.15, 0.2) is 11.4 Å². The van der Waals surface area contributed by atoms with Gasteiger partial charge in [0.05, 0.1) is 5.60 Å². The molecule has 1 aliphatic rings. The van der Waals surface area contributed by atoms with Gasteiger partial charge in [-0.25, -0.2) is 0 Å². The molecule has 2 unspecified atom stereocenters. The zero-order chi connectivity index (χ0) is 14.0. The highest BCUT2D eigenvalue weighted by atomic mass is 32.1. The molecule has 0 bridgehead atoms. The molecule has 0 radical (unpaired) electrons. The molecule has 0 aliphatic carbocycles. The van der Waals surface area contributed by atoms with E-state index in [0.29, 0.717) is 18.6 Å². The number of nitrogens with two attached hydrogens (primary N) is 1. The zero-order valence-electron chi connectivity index (χ0n) is 12.5. The van der Waals surface area contributed by atoms with E-state index in [4.69, 9.17) is 10.5 Å². The standard InChI is InChI=1S/C15H26N2OS/c1-11-13-6-8-19-14(13)5-7-17(11)12(10-16)9-15(2,3)18-4/h6,8,11-12H,5,7,9-10,16H2,1-4H3. The SMILES string of the molecule is COC(C)(C)CC(CN)N1CCc2sccc2C1C. The summed E-state index contributed by atoms with van der Waals surface area (Å²) in [6.45, 7) is 8.38. The molecule has 1 aromatic rings. The van der Waals surface area contributed by atoms with Crippen LogP contribution in [-0.4, -0.2) is 36.7 Å². The van der Waals surface area contributed by atoms with Gasteiger partial charge in [0.15, 0.2) is 0 Å². The summed E-state index contributed by atoms with van der Waals surface area (Å²) >= 11 is 1.89. The molecule has 1 aliphatic heterocycles. The Balaban J connectivity index is 2.12. The van der Waals surface area contributed by atoms with Gasteiger partial charge in [-0.15, -0.1) is 11.3 Å². The Kier molecular flexibility index (Phi) is 4.66. The summed E-state index contributed by atoms with van der Waals surface area (Å²) in [6.07, 6.45) is 2.13. The number of methoxy groups -OCH3 is 1. The van der Waals surface area contributed by atoms with Crippen molar-refractivity contribution in [2.24, 2.45) is 5.73 Å². The van der Waals surface area contributed by atoms with Crippen LogP contribution in [0.3, 0.4) is 0 Å². The summed E-state index contributed by atoms with van der Waals surface area (Å²) in [5.41, 5.74) is 7.41. The first-order valence-corrected chi connectivity index (χ1v) is 7.93. The summed E-state index contributed by atoms with van der Waals surface area (Å²) in [5, 5.41) is 2.21. The minimum atomic E-state index is -0.112. The molecular formula is C15H26N2OS. The fourth-order valence-electron chi connectivity index (χ4n) is 3.01. The van der Waals surface area contributed by atoms with Gasteiger partial charge in [-0.05, 0) is 50.6 Å². The third-order valence-corrected chi connectivity index (χ3v) is 5.34. The highest BCUT2D eigenvalue weighted by Crippen LogP contribution is 2.35. The fourth-order valence-corrected chi connectivity index (χ4v) is 3.98. The van der Waals surface area contributed by atoms with Gasteiger partial charge in [0, 0.05) is 37.2 Å². The molecule has 1 aromatic heterocycles. The van der Waals surface area contributed by atoms with Gasteiger partial charge >= 0.3 is 0 Å². The molecule has 2 N–H and O–H groups in total. The van der Waals surface area contributed by atoms with E-state index in [1.165, 1.54) is 5.56 Å². The molecule has 0 aromatic carbocycles. The Bertz CT molecular complexity index is 416. The van der Waals surface area contributed by atoms with E-state index in [9.17, 15) is 0 Å². The van der Waals surface area contributed by atoms with Crippen molar-refractivity contribution in [2.45, 2.75) is 51.3 Å². The second kappa shape index (κ2) is 5.92. The van der Waals surface area contributed by atoms with Crippen LogP contribution in [-0.2, 0) is 11.2 Å². The Morgan fingerprint density at radius 2 is 2.32 bits per heavy atom. The van der Waals surface area contributed by atoms with Crippen molar-refractivity contribution in [1.29, 1.82) is 0 Å². The van der Waals surface area contributed by atoms with Crippen molar-refractivity contribution in [2.75, 3.05) is 20.2 Å². The molecule has 3 nitrogen and oxygen atoms in total. The van der Waals surface area contributed by atoms with E-state index >= 15 is 0 Å². The highest BCUT2D eigenvalue weighted by molar-refractivity contribution is 7.10. The molecule has 108 valence electrons. The summed E-state index contributed by atoms with van der Waals surface area (Å²) < 4.78 is 5.57. The van der Waals surface area contributed by atoms with E-state index in [1.54, 1.807) is 12.0 Å². The second-order valence-electron chi connectivity index (χ2n) is 6.02. The number of fused-ring (bicyclic) bond motifs is 1. The Morgan fingerprint density at radius 3 is 2.95 bits per heavy atom. The van der Waals surface area contributed by atoms with E-state index in [2.05, 4.69) is 37.1 Å². The molecule has 19 heavy (non-hydrogen) atoms. The maximum Gasteiger partial charge on any atom is 0.0638 e. The minimum Gasteiger partial charge on any atom is -0.379 e. The average Bonchev–Trinajstić information content (AvgIpc) is 2.86. The van der Waals surface area contributed by atoms with Crippen LogP contribution in [0.1, 0.15) is 43.7 Å². The van der Waals surface area contributed by atoms with Gasteiger partial charge in [0.25, 0.3) is 0 Å². The fraction of sp³-hybridized carbons (Fsp3) is 0.733. The van der Waals surface area contributed by atoms with Crippen molar-refractivity contribution in [3.8, 4) is 0 Å². The van der Waals surface area contributed by atoms with Gasteiger partial charge in [0.1, 0.15) is 0 Å². The molecule has 0 amide bonds. The van der Waals surface area contributed by atoms with Gasteiger partial charge in [-0.3, -0.25) is 4.90 Å². The molecule has 2 heterocycles. The van der Waals surface area contributed by atoms with Crippen LogP contribution in [0, 0.1) is 0 Å². The lowest BCUT2D eigenvalue weighted by Crippen LogP contribution is -2.48. The molecule has 2 rings (SSSR count). The summed E-state index contributed by atoms with van der Waals surface area (Å²) in [4.78, 5) is 4.10. The molecule has 0 saturated carbocycles. The van der Waals surface area contributed by atoms with Gasteiger partial charge in [-0.1, -0.05) is 0 Å². The Labute approximate surface area is 120 Å². The average molecular weight is 282 g/mol. The summed E-state index contributed by atoms with van der Waals surface area (Å²) in [6, 6.07) is 3.13. The van der Waals surface area contributed by atoms with Gasteiger partial charge in [-0.2, -0.15) is 0 Å². The van der Waals surface area contributed by atoms with Crippen LogP contribution in [0.4, 0.5) is 0 Å². The Hall–Kier alpha value is -0.420. The third-order valence-electron chi connectivity index (χ3n) is 4.35. The van der Waals surface area contributed by atoms with Crippen LogP contribution in [0.25, 0.3) is 0 Å². The van der Waals surface area contributed by atoms with Crippen molar-refractivity contribution >= 4 is 11.3 Å². The number of thiophene rings is 1. The van der Waals surface area contributed by atoms with Crippen LogP contribution >= 0.6 is 11.3 Å². The summed E-state index contributed by atoms with van der Waals surface area (Å²) in [5.74, 6) is 0. The molecule has 2 atom stereocenters. The number of hydrogen-bond acceptors (Lipinski definition) is 4. The maximum atomic E-state index is 6.03. The van der Waals surface area contributed by atoms with Gasteiger partial charge < -0.3 is 10.5 Å². The van der Waals surface area contributed by atoms with Gasteiger partial charge in [0.2, 0.25) is 0 Å². The van der Waals surface area contributed by atoms with E-state index < -0.39 is 0 Å². The predicted octanol–water partition coefficient (Wildman–Crippen LogP) is 2.81.